The Balaban J connectivity index is 2.37. The maximum atomic E-state index is 12.8. The van der Waals surface area contributed by atoms with Gasteiger partial charge < -0.3 is 10.1 Å². The summed E-state index contributed by atoms with van der Waals surface area (Å²) in [6.45, 7) is 3.24. The van der Waals surface area contributed by atoms with E-state index in [1.54, 1.807) is 6.07 Å². The highest BCUT2D eigenvalue weighted by molar-refractivity contribution is 5.15. The molecule has 0 saturated heterocycles. The Morgan fingerprint density at radius 3 is 2.93 bits per heavy atom. The van der Waals surface area contributed by atoms with Crippen molar-refractivity contribution in [1.82, 2.24) is 5.32 Å². The van der Waals surface area contributed by atoms with Crippen LogP contribution in [0.4, 0.5) is 4.39 Å². The molecule has 14 heavy (non-hydrogen) atoms. The van der Waals surface area contributed by atoms with Crippen molar-refractivity contribution in [3.63, 3.8) is 0 Å². The van der Waals surface area contributed by atoms with Crippen LogP contribution >= 0.6 is 0 Å². The molecule has 1 unspecified atom stereocenters. The topological polar surface area (TPSA) is 21.3 Å². The average Bonchev–Trinajstić information content (AvgIpc) is 2.15. The summed E-state index contributed by atoms with van der Waals surface area (Å²) in [6, 6.07) is 6.47. The first-order valence-electron chi connectivity index (χ1n) is 4.73. The summed E-state index contributed by atoms with van der Waals surface area (Å²) in [7, 11) is 1.88. The molecule has 0 spiro atoms. The molecule has 0 amide bonds. The molecule has 0 bridgehead atoms. The number of nitrogens with one attached hydrogen (secondary N) is 1. The molecule has 78 valence electrons. The normalized spacial score (nSPS) is 12.8. The highest BCUT2D eigenvalue weighted by Gasteiger charge is 2.01. The van der Waals surface area contributed by atoms with Gasteiger partial charge >= 0.3 is 0 Å². The van der Waals surface area contributed by atoms with Crippen LogP contribution in [0.1, 0.15) is 12.5 Å². The van der Waals surface area contributed by atoms with Gasteiger partial charge in [-0.05, 0) is 31.7 Å². The molecule has 1 aromatic carbocycles. The van der Waals surface area contributed by atoms with E-state index in [-0.39, 0.29) is 11.9 Å². The summed E-state index contributed by atoms with van der Waals surface area (Å²) in [6.07, 6.45) is 0.142. The third kappa shape index (κ3) is 3.85. The molecule has 0 heterocycles. The minimum absolute atomic E-state index is 0.142. The Labute approximate surface area is 84.1 Å². The van der Waals surface area contributed by atoms with Crippen LogP contribution in [0.15, 0.2) is 24.3 Å². The van der Waals surface area contributed by atoms with Gasteiger partial charge in [0, 0.05) is 6.54 Å². The van der Waals surface area contributed by atoms with Crippen molar-refractivity contribution in [3.05, 3.63) is 35.6 Å². The molecule has 0 aliphatic carbocycles. The second kappa shape index (κ2) is 5.73. The van der Waals surface area contributed by atoms with Crippen LogP contribution in [-0.2, 0) is 11.3 Å². The predicted molar refractivity (Wildman–Crippen MR) is 54.6 cm³/mol. The predicted octanol–water partition coefficient (Wildman–Crippen LogP) is 1.95. The van der Waals surface area contributed by atoms with Crippen molar-refractivity contribution in [3.8, 4) is 0 Å². The Morgan fingerprint density at radius 2 is 2.29 bits per heavy atom. The van der Waals surface area contributed by atoms with E-state index < -0.39 is 0 Å². The number of ether oxygens (including phenoxy) is 1. The van der Waals surface area contributed by atoms with Gasteiger partial charge in [-0.1, -0.05) is 12.1 Å². The lowest BCUT2D eigenvalue weighted by Gasteiger charge is -2.12. The van der Waals surface area contributed by atoms with Crippen molar-refractivity contribution in [2.45, 2.75) is 19.6 Å². The number of rotatable bonds is 5. The lowest BCUT2D eigenvalue weighted by molar-refractivity contribution is 0.0543. The van der Waals surface area contributed by atoms with Gasteiger partial charge in [-0.2, -0.15) is 0 Å². The van der Waals surface area contributed by atoms with Crippen LogP contribution in [0.25, 0.3) is 0 Å². The van der Waals surface area contributed by atoms with E-state index in [1.807, 2.05) is 20.0 Å². The van der Waals surface area contributed by atoms with E-state index in [9.17, 15) is 4.39 Å². The SMILES string of the molecule is CNCC(C)OCc1cccc(F)c1. The monoisotopic (exact) mass is 197 g/mol. The number of hydrogen-bond donors (Lipinski definition) is 1. The van der Waals surface area contributed by atoms with Crippen LogP contribution in [0, 0.1) is 5.82 Å². The van der Waals surface area contributed by atoms with E-state index >= 15 is 0 Å². The van der Waals surface area contributed by atoms with Crippen LogP contribution < -0.4 is 5.32 Å². The number of hydrogen-bond acceptors (Lipinski definition) is 2. The zero-order chi connectivity index (χ0) is 10.4. The van der Waals surface area contributed by atoms with E-state index in [2.05, 4.69) is 5.32 Å². The van der Waals surface area contributed by atoms with Crippen LogP contribution in [0.3, 0.4) is 0 Å². The van der Waals surface area contributed by atoms with Gasteiger partial charge in [0.25, 0.3) is 0 Å². The first-order chi connectivity index (χ1) is 6.72. The van der Waals surface area contributed by atoms with Crippen LogP contribution in [-0.4, -0.2) is 19.7 Å². The number of halogens is 1. The summed E-state index contributed by atoms with van der Waals surface area (Å²) in [4.78, 5) is 0. The molecule has 1 rings (SSSR count). The lowest BCUT2D eigenvalue weighted by Crippen LogP contribution is -2.23. The Bertz CT molecular complexity index is 278. The molecule has 2 nitrogen and oxygen atoms in total. The van der Waals surface area contributed by atoms with Crippen molar-refractivity contribution in [2.24, 2.45) is 0 Å². The summed E-state index contributed by atoms with van der Waals surface area (Å²) in [5.74, 6) is -0.215. The molecule has 0 aliphatic rings. The van der Waals surface area contributed by atoms with E-state index in [0.29, 0.717) is 6.61 Å². The van der Waals surface area contributed by atoms with E-state index in [1.165, 1.54) is 12.1 Å². The molecule has 3 heteroatoms. The van der Waals surface area contributed by atoms with Gasteiger partial charge in [0.1, 0.15) is 5.82 Å². The zero-order valence-corrected chi connectivity index (χ0v) is 8.59. The fourth-order valence-electron chi connectivity index (χ4n) is 1.21. The van der Waals surface area contributed by atoms with Crippen molar-refractivity contribution < 1.29 is 9.13 Å². The molecule has 0 saturated carbocycles. The van der Waals surface area contributed by atoms with Gasteiger partial charge in [0.15, 0.2) is 0 Å². The summed E-state index contributed by atoms with van der Waals surface area (Å²) < 4.78 is 18.3. The molecule has 0 aromatic heterocycles. The Hall–Kier alpha value is -0.930. The standard InChI is InChI=1S/C11H16FNO/c1-9(7-13-2)14-8-10-4-3-5-11(12)6-10/h3-6,9,13H,7-8H2,1-2H3. The first kappa shape index (κ1) is 11.1. The van der Waals surface area contributed by atoms with Crippen LogP contribution in [0.5, 0.6) is 0 Å². The Morgan fingerprint density at radius 1 is 1.50 bits per heavy atom. The fraction of sp³-hybridized carbons (Fsp3) is 0.455. The fourth-order valence-corrected chi connectivity index (χ4v) is 1.21. The average molecular weight is 197 g/mol. The second-order valence-electron chi connectivity index (χ2n) is 3.31. The summed E-state index contributed by atoms with van der Waals surface area (Å²) in [5.41, 5.74) is 0.868. The maximum Gasteiger partial charge on any atom is 0.123 e. The lowest BCUT2D eigenvalue weighted by atomic mass is 10.2. The molecule has 0 radical (unpaired) electrons. The van der Waals surface area contributed by atoms with Gasteiger partial charge in [0.2, 0.25) is 0 Å². The third-order valence-corrected chi connectivity index (χ3v) is 1.92. The Kier molecular flexibility index (Phi) is 4.56. The molecule has 1 aromatic rings. The molecule has 0 aliphatic heterocycles. The van der Waals surface area contributed by atoms with Crippen molar-refractivity contribution in [2.75, 3.05) is 13.6 Å². The van der Waals surface area contributed by atoms with Crippen LogP contribution in [0.2, 0.25) is 0 Å². The van der Waals surface area contributed by atoms with Gasteiger partial charge in [-0.3, -0.25) is 0 Å². The summed E-state index contributed by atoms with van der Waals surface area (Å²) >= 11 is 0. The largest absolute Gasteiger partial charge is 0.373 e. The minimum atomic E-state index is -0.215. The van der Waals surface area contributed by atoms with E-state index in [0.717, 1.165) is 12.1 Å². The van der Waals surface area contributed by atoms with Gasteiger partial charge in [-0.15, -0.1) is 0 Å². The second-order valence-corrected chi connectivity index (χ2v) is 3.31. The van der Waals surface area contributed by atoms with Gasteiger partial charge in [-0.25, -0.2) is 4.39 Å². The number of likely N-dealkylation sites (N-methyl/N-ethyl adjacent to an activating group) is 1. The highest BCUT2D eigenvalue weighted by atomic mass is 19.1. The highest BCUT2D eigenvalue weighted by Crippen LogP contribution is 2.06. The first-order valence-corrected chi connectivity index (χ1v) is 4.73. The third-order valence-electron chi connectivity index (χ3n) is 1.92. The van der Waals surface area contributed by atoms with Gasteiger partial charge in [0.05, 0.1) is 12.7 Å². The maximum absolute atomic E-state index is 12.8. The van der Waals surface area contributed by atoms with Crippen molar-refractivity contribution >= 4 is 0 Å². The van der Waals surface area contributed by atoms with E-state index in [4.69, 9.17) is 4.74 Å². The molecule has 0 fully saturated rings. The quantitative estimate of drug-likeness (QED) is 0.779. The summed E-state index contributed by atoms with van der Waals surface area (Å²) in [5, 5.41) is 3.02. The molecule has 1 N–H and O–H groups in total. The minimum Gasteiger partial charge on any atom is -0.373 e. The molecular weight excluding hydrogens is 181 g/mol. The zero-order valence-electron chi connectivity index (χ0n) is 8.59. The van der Waals surface area contributed by atoms with Crippen molar-refractivity contribution in [1.29, 1.82) is 0 Å². The smallest absolute Gasteiger partial charge is 0.123 e. The molecular formula is C11H16FNO. The molecule has 1 atom stereocenters. The number of benzene rings is 1.